The highest BCUT2D eigenvalue weighted by Gasteiger charge is 2.56. The van der Waals surface area contributed by atoms with Crippen LogP contribution in [0, 0.1) is 18.8 Å². The molecule has 0 radical (unpaired) electrons. The molecule has 2 heteroatoms. The first-order chi connectivity index (χ1) is 9.04. The molecule has 0 heterocycles. The van der Waals surface area contributed by atoms with E-state index >= 15 is 0 Å². The van der Waals surface area contributed by atoms with Gasteiger partial charge < -0.3 is 11.1 Å². The molecule has 5 rings (SSSR count). The lowest BCUT2D eigenvalue weighted by molar-refractivity contribution is -0.00775. The van der Waals surface area contributed by atoms with E-state index in [1.807, 2.05) is 0 Å². The third-order valence-electron chi connectivity index (χ3n) is 5.57. The third kappa shape index (κ3) is 1.97. The van der Waals surface area contributed by atoms with E-state index < -0.39 is 0 Å². The molecule has 2 nitrogen and oxygen atoms in total. The zero-order chi connectivity index (χ0) is 13.1. The lowest BCUT2D eigenvalue weighted by Gasteiger charge is -2.61. The summed E-state index contributed by atoms with van der Waals surface area (Å²) >= 11 is 0. The van der Waals surface area contributed by atoms with Gasteiger partial charge in [0.15, 0.2) is 0 Å². The van der Waals surface area contributed by atoms with Crippen LogP contribution in [0.5, 0.6) is 0 Å². The number of anilines is 1. The average molecular weight is 256 g/mol. The standard InChI is InChI=1S/C17H24N2/c1-12-2-4-15(5-3-12)19-17-9-13-6-14(10-17)8-16(18,7-13)11-17/h2-5,13-14,19H,6-11,18H2,1H3. The fourth-order valence-corrected chi connectivity index (χ4v) is 5.42. The van der Waals surface area contributed by atoms with Crippen LogP contribution < -0.4 is 11.1 Å². The first-order valence-corrected chi connectivity index (χ1v) is 7.68. The minimum Gasteiger partial charge on any atom is -0.380 e. The predicted molar refractivity (Wildman–Crippen MR) is 79.1 cm³/mol. The van der Waals surface area contributed by atoms with E-state index in [1.165, 1.54) is 49.8 Å². The van der Waals surface area contributed by atoms with Gasteiger partial charge in [-0.1, -0.05) is 17.7 Å². The van der Waals surface area contributed by atoms with Crippen molar-refractivity contribution in [1.82, 2.24) is 0 Å². The van der Waals surface area contributed by atoms with Crippen LogP contribution in [0.15, 0.2) is 24.3 Å². The summed E-state index contributed by atoms with van der Waals surface area (Å²) < 4.78 is 0. The monoisotopic (exact) mass is 256 g/mol. The van der Waals surface area contributed by atoms with Gasteiger partial charge in [0, 0.05) is 16.8 Å². The second-order valence-electron chi connectivity index (χ2n) is 7.59. The van der Waals surface area contributed by atoms with E-state index in [1.54, 1.807) is 0 Å². The summed E-state index contributed by atoms with van der Waals surface area (Å²) in [6, 6.07) is 8.83. The zero-order valence-electron chi connectivity index (χ0n) is 11.8. The molecule has 0 spiro atoms. The fraction of sp³-hybridized carbons (Fsp3) is 0.647. The Labute approximate surface area is 115 Å². The molecule has 1 aromatic rings. The Morgan fingerprint density at radius 3 is 2.26 bits per heavy atom. The molecule has 4 saturated carbocycles. The molecule has 102 valence electrons. The summed E-state index contributed by atoms with van der Waals surface area (Å²) in [5.41, 5.74) is 9.66. The lowest BCUT2D eigenvalue weighted by atomic mass is 9.50. The first kappa shape index (κ1) is 11.8. The van der Waals surface area contributed by atoms with Gasteiger partial charge in [0.05, 0.1) is 0 Å². The van der Waals surface area contributed by atoms with Crippen LogP contribution in [0.3, 0.4) is 0 Å². The third-order valence-corrected chi connectivity index (χ3v) is 5.57. The Balaban J connectivity index is 1.61. The second-order valence-corrected chi connectivity index (χ2v) is 7.59. The van der Waals surface area contributed by atoms with Crippen molar-refractivity contribution in [2.45, 2.75) is 56.5 Å². The van der Waals surface area contributed by atoms with E-state index in [9.17, 15) is 0 Å². The summed E-state index contributed by atoms with van der Waals surface area (Å²) in [7, 11) is 0. The topological polar surface area (TPSA) is 38.0 Å². The van der Waals surface area contributed by atoms with Crippen LogP contribution in [-0.2, 0) is 0 Å². The van der Waals surface area contributed by atoms with Crippen molar-refractivity contribution in [3.05, 3.63) is 29.8 Å². The van der Waals surface area contributed by atoms with Crippen molar-refractivity contribution in [2.75, 3.05) is 5.32 Å². The molecule has 4 aliphatic carbocycles. The fourth-order valence-electron chi connectivity index (χ4n) is 5.42. The number of nitrogens with two attached hydrogens (primary N) is 1. The average Bonchev–Trinajstić information content (AvgIpc) is 2.28. The van der Waals surface area contributed by atoms with Crippen LogP contribution in [0.4, 0.5) is 5.69 Å². The molecule has 0 amide bonds. The smallest absolute Gasteiger partial charge is 0.0396 e. The van der Waals surface area contributed by atoms with Crippen LogP contribution in [-0.4, -0.2) is 11.1 Å². The number of rotatable bonds is 2. The molecule has 4 fully saturated rings. The van der Waals surface area contributed by atoms with Crippen LogP contribution in [0.25, 0.3) is 0 Å². The predicted octanol–water partition coefficient (Wildman–Crippen LogP) is 3.46. The highest BCUT2D eigenvalue weighted by molar-refractivity contribution is 5.48. The SMILES string of the molecule is Cc1ccc(NC23CC4CC(CC(N)(C4)C2)C3)cc1. The first-order valence-electron chi connectivity index (χ1n) is 7.68. The van der Waals surface area contributed by atoms with E-state index in [0.29, 0.717) is 0 Å². The molecule has 0 aromatic heterocycles. The minimum absolute atomic E-state index is 0.127. The number of nitrogens with one attached hydrogen (secondary N) is 1. The Bertz CT molecular complexity index is 476. The van der Waals surface area contributed by atoms with Gasteiger partial charge in [-0.15, -0.1) is 0 Å². The van der Waals surface area contributed by atoms with Gasteiger partial charge in [0.2, 0.25) is 0 Å². The molecule has 4 aliphatic rings. The highest BCUT2D eigenvalue weighted by Crippen LogP contribution is 2.57. The van der Waals surface area contributed by atoms with Gasteiger partial charge >= 0.3 is 0 Å². The van der Waals surface area contributed by atoms with Crippen molar-refractivity contribution < 1.29 is 0 Å². The summed E-state index contributed by atoms with van der Waals surface area (Å²) in [4.78, 5) is 0. The normalized spacial score (nSPS) is 43.5. The maximum Gasteiger partial charge on any atom is 0.0396 e. The summed E-state index contributed by atoms with van der Waals surface area (Å²) in [6.45, 7) is 2.14. The molecule has 4 bridgehead atoms. The molecule has 3 N–H and O–H groups in total. The summed E-state index contributed by atoms with van der Waals surface area (Å²) in [6.07, 6.45) is 7.78. The van der Waals surface area contributed by atoms with E-state index in [-0.39, 0.29) is 11.1 Å². The Morgan fingerprint density at radius 1 is 1.05 bits per heavy atom. The molecule has 2 atom stereocenters. The van der Waals surface area contributed by atoms with Crippen molar-refractivity contribution in [3.63, 3.8) is 0 Å². The van der Waals surface area contributed by atoms with Crippen LogP contribution >= 0.6 is 0 Å². The molecular formula is C17H24N2. The van der Waals surface area contributed by atoms with Gasteiger partial charge in [-0.05, 0) is 69.4 Å². The van der Waals surface area contributed by atoms with Gasteiger partial charge in [-0.3, -0.25) is 0 Å². The van der Waals surface area contributed by atoms with Crippen LogP contribution in [0.2, 0.25) is 0 Å². The number of aryl methyl sites for hydroxylation is 1. The number of hydrogen-bond donors (Lipinski definition) is 2. The van der Waals surface area contributed by atoms with Crippen molar-refractivity contribution in [3.8, 4) is 0 Å². The Morgan fingerprint density at radius 2 is 1.68 bits per heavy atom. The molecule has 2 unspecified atom stereocenters. The number of hydrogen-bond acceptors (Lipinski definition) is 2. The molecule has 1 aromatic carbocycles. The Kier molecular flexibility index (Phi) is 2.33. The highest BCUT2D eigenvalue weighted by atomic mass is 15.0. The molecule has 0 aliphatic heterocycles. The van der Waals surface area contributed by atoms with Gasteiger partial charge in [0.25, 0.3) is 0 Å². The number of benzene rings is 1. The van der Waals surface area contributed by atoms with Crippen molar-refractivity contribution in [2.24, 2.45) is 17.6 Å². The minimum atomic E-state index is 0.127. The Hall–Kier alpha value is -1.02. The van der Waals surface area contributed by atoms with Gasteiger partial charge in [-0.2, -0.15) is 0 Å². The summed E-state index contributed by atoms with van der Waals surface area (Å²) in [5.74, 6) is 1.73. The summed E-state index contributed by atoms with van der Waals surface area (Å²) in [5, 5.41) is 3.86. The van der Waals surface area contributed by atoms with Crippen molar-refractivity contribution >= 4 is 5.69 Å². The van der Waals surface area contributed by atoms with Gasteiger partial charge in [-0.25, -0.2) is 0 Å². The molecule has 0 saturated heterocycles. The quantitative estimate of drug-likeness (QED) is 0.850. The second kappa shape index (κ2) is 3.76. The molecular weight excluding hydrogens is 232 g/mol. The zero-order valence-corrected chi connectivity index (χ0v) is 11.8. The van der Waals surface area contributed by atoms with E-state index in [0.717, 1.165) is 11.8 Å². The van der Waals surface area contributed by atoms with Crippen molar-refractivity contribution in [1.29, 1.82) is 0 Å². The van der Waals surface area contributed by atoms with Crippen LogP contribution in [0.1, 0.15) is 44.1 Å². The maximum absolute atomic E-state index is 6.64. The largest absolute Gasteiger partial charge is 0.380 e. The van der Waals surface area contributed by atoms with E-state index in [2.05, 4.69) is 36.5 Å². The lowest BCUT2D eigenvalue weighted by Crippen LogP contribution is -2.65. The molecule has 19 heavy (non-hydrogen) atoms. The maximum atomic E-state index is 6.64. The van der Waals surface area contributed by atoms with E-state index in [4.69, 9.17) is 5.73 Å². The van der Waals surface area contributed by atoms with Gasteiger partial charge in [0.1, 0.15) is 0 Å².